The average Bonchev–Trinajstić information content (AvgIpc) is 2.73. The number of nitro groups is 1. The Balaban J connectivity index is 2.19. The normalized spacial score (nSPS) is 26.1. The molecular weight excluding hydrogens is 252 g/mol. The summed E-state index contributed by atoms with van der Waals surface area (Å²) in [6.07, 6.45) is 0. The number of benzene rings is 1. The van der Waals surface area contributed by atoms with E-state index in [1.54, 1.807) is 19.1 Å². The second-order valence-electron chi connectivity index (χ2n) is 4.74. The fraction of sp³-hybridized carbons (Fsp3) is 0.417. The highest BCUT2D eigenvalue weighted by molar-refractivity contribution is 5.76. The Morgan fingerprint density at radius 3 is 3.00 bits per heavy atom. The van der Waals surface area contributed by atoms with Gasteiger partial charge in [0.15, 0.2) is 0 Å². The maximum Gasteiger partial charge on any atom is 0.313 e. The van der Waals surface area contributed by atoms with Gasteiger partial charge in [0.25, 0.3) is 5.69 Å². The van der Waals surface area contributed by atoms with Crippen LogP contribution in [0.1, 0.15) is 6.92 Å². The smallest absolute Gasteiger partial charge is 0.313 e. The zero-order valence-electron chi connectivity index (χ0n) is 10.3. The maximum atomic E-state index is 11.3. The molecule has 1 fully saturated rings. The van der Waals surface area contributed by atoms with Gasteiger partial charge in [-0.05, 0) is 13.0 Å². The van der Waals surface area contributed by atoms with Gasteiger partial charge < -0.3 is 15.2 Å². The molecule has 0 saturated carbocycles. The van der Waals surface area contributed by atoms with Gasteiger partial charge >= 0.3 is 5.97 Å². The zero-order valence-corrected chi connectivity index (χ0v) is 10.3. The fourth-order valence-electron chi connectivity index (χ4n) is 2.00. The van der Waals surface area contributed by atoms with Gasteiger partial charge in [0.1, 0.15) is 5.41 Å². The topological polar surface area (TPSA) is 102 Å². The van der Waals surface area contributed by atoms with Crippen LogP contribution in [-0.4, -0.2) is 35.3 Å². The molecule has 1 aliphatic heterocycles. The molecule has 1 aliphatic rings. The van der Waals surface area contributed by atoms with Crippen molar-refractivity contribution in [1.82, 2.24) is 0 Å². The number of ether oxygens (including phenoxy) is 1. The molecule has 2 unspecified atom stereocenters. The molecule has 0 spiro atoms. The van der Waals surface area contributed by atoms with E-state index < -0.39 is 22.3 Å². The van der Waals surface area contributed by atoms with Gasteiger partial charge in [0.05, 0.1) is 24.2 Å². The van der Waals surface area contributed by atoms with Crippen LogP contribution in [0.3, 0.4) is 0 Å². The molecule has 0 aromatic heterocycles. The molecule has 1 saturated heterocycles. The number of non-ortho nitro benzene ring substituents is 1. The molecule has 7 heteroatoms. The van der Waals surface area contributed by atoms with Crippen molar-refractivity contribution in [2.24, 2.45) is 5.41 Å². The minimum atomic E-state index is -1.04. The molecule has 0 amide bonds. The first-order valence-corrected chi connectivity index (χ1v) is 5.75. The van der Waals surface area contributed by atoms with Crippen molar-refractivity contribution in [1.29, 1.82) is 0 Å². The van der Waals surface area contributed by atoms with E-state index in [9.17, 15) is 20.0 Å². The standard InChI is InChI=1S/C12H14N2O5/c1-12(11(15)16)7-19-6-10(12)13-8-3-2-4-9(5-8)14(17)18/h2-5,10,13H,6-7H2,1H3,(H,15,16). The Hall–Kier alpha value is -2.15. The van der Waals surface area contributed by atoms with E-state index in [4.69, 9.17) is 4.74 Å². The van der Waals surface area contributed by atoms with Crippen LogP contribution in [0.5, 0.6) is 0 Å². The number of carboxylic acids is 1. The lowest BCUT2D eigenvalue weighted by Crippen LogP contribution is -2.43. The Labute approximate surface area is 109 Å². The summed E-state index contributed by atoms with van der Waals surface area (Å²) in [7, 11) is 0. The third kappa shape index (κ3) is 2.50. The summed E-state index contributed by atoms with van der Waals surface area (Å²) in [6, 6.07) is 5.54. The largest absolute Gasteiger partial charge is 0.481 e. The van der Waals surface area contributed by atoms with Crippen molar-refractivity contribution in [3.8, 4) is 0 Å². The second kappa shape index (κ2) is 4.85. The van der Waals surface area contributed by atoms with Crippen LogP contribution in [0.2, 0.25) is 0 Å². The number of anilines is 1. The third-order valence-corrected chi connectivity index (χ3v) is 3.34. The Morgan fingerprint density at radius 2 is 2.37 bits per heavy atom. The summed E-state index contributed by atoms with van der Waals surface area (Å²) in [4.78, 5) is 21.5. The van der Waals surface area contributed by atoms with Gasteiger partial charge in [0.2, 0.25) is 0 Å². The first kappa shape index (κ1) is 13.3. The summed E-state index contributed by atoms with van der Waals surface area (Å²) < 4.78 is 5.21. The van der Waals surface area contributed by atoms with Crippen LogP contribution >= 0.6 is 0 Å². The lowest BCUT2D eigenvalue weighted by atomic mass is 9.85. The highest BCUT2D eigenvalue weighted by atomic mass is 16.6. The number of carboxylic acid groups (broad SMARTS) is 1. The van der Waals surface area contributed by atoms with Crippen LogP contribution in [0, 0.1) is 15.5 Å². The predicted molar refractivity (Wildman–Crippen MR) is 67.1 cm³/mol. The first-order chi connectivity index (χ1) is 8.93. The fourth-order valence-corrected chi connectivity index (χ4v) is 2.00. The number of aliphatic carboxylic acids is 1. The van der Waals surface area contributed by atoms with Crippen LogP contribution < -0.4 is 5.32 Å². The number of hydrogen-bond acceptors (Lipinski definition) is 5. The molecule has 19 heavy (non-hydrogen) atoms. The number of rotatable bonds is 4. The highest BCUT2D eigenvalue weighted by Crippen LogP contribution is 2.31. The van der Waals surface area contributed by atoms with Crippen LogP contribution in [0.25, 0.3) is 0 Å². The van der Waals surface area contributed by atoms with E-state index in [-0.39, 0.29) is 18.9 Å². The van der Waals surface area contributed by atoms with E-state index in [2.05, 4.69) is 5.32 Å². The molecule has 1 aromatic carbocycles. The van der Waals surface area contributed by atoms with Gasteiger partial charge in [-0.2, -0.15) is 0 Å². The first-order valence-electron chi connectivity index (χ1n) is 5.75. The van der Waals surface area contributed by atoms with Gasteiger partial charge in [0, 0.05) is 17.8 Å². The summed E-state index contributed by atoms with van der Waals surface area (Å²) in [5.74, 6) is -0.951. The molecule has 0 aliphatic carbocycles. The van der Waals surface area contributed by atoms with Crippen molar-refractivity contribution in [2.75, 3.05) is 18.5 Å². The predicted octanol–water partition coefficient (Wildman–Crippen LogP) is 1.50. The van der Waals surface area contributed by atoms with Gasteiger partial charge in [-0.15, -0.1) is 0 Å². The monoisotopic (exact) mass is 266 g/mol. The lowest BCUT2D eigenvalue weighted by molar-refractivity contribution is -0.384. The van der Waals surface area contributed by atoms with Gasteiger partial charge in [-0.1, -0.05) is 6.07 Å². The molecule has 102 valence electrons. The van der Waals surface area contributed by atoms with E-state index in [0.29, 0.717) is 5.69 Å². The molecule has 2 rings (SSSR count). The number of nitrogens with one attached hydrogen (secondary N) is 1. The van der Waals surface area contributed by atoms with Crippen molar-refractivity contribution in [3.05, 3.63) is 34.4 Å². The average molecular weight is 266 g/mol. The molecule has 1 aromatic rings. The molecule has 0 radical (unpaired) electrons. The number of nitrogens with zero attached hydrogens (tertiary/aromatic N) is 1. The van der Waals surface area contributed by atoms with Crippen molar-refractivity contribution in [3.63, 3.8) is 0 Å². The second-order valence-corrected chi connectivity index (χ2v) is 4.74. The van der Waals surface area contributed by atoms with Gasteiger partial charge in [-0.25, -0.2) is 0 Å². The summed E-state index contributed by atoms with van der Waals surface area (Å²) >= 11 is 0. The lowest BCUT2D eigenvalue weighted by Gasteiger charge is -2.26. The zero-order chi connectivity index (χ0) is 14.0. The van der Waals surface area contributed by atoms with E-state index in [1.807, 2.05) is 0 Å². The van der Waals surface area contributed by atoms with Crippen LogP contribution in [-0.2, 0) is 9.53 Å². The maximum absolute atomic E-state index is 11.3. The summed E-state index contributed by atoms with van der Waals surface area (Å²) in [6.45, 7) is 1.97. The number of carbonyl (C=O) groups is 1. The summed E-state index contributed by atoms with van der Waals surface area (Å²) in [5.41, 5.74) is -0.567. The van der Waals surface area contributed by atoms with Crippen molar-refractivity contribution < 1.29 is 19.6 Å². The van der Waals surface area contributed by atoms with Crippen LogP contribution in [0.4, 0.5) is 11.4 Å². The Bertz CT molecular complexity index is 519. The number of nitro benzene ring substituents is 1. The highest BCUT2D eigenvalue weighted by Gasteiger charge is 2.46. The minimum Gasteiger partial charge on any atom is -0.481 e. The van der Waals surface area contributed by atoms with E-state index in [0.717, 1.165) is 0 Å². The Morgan fingerprint density at radius 1 is 1.63 bits per heavy atom. The van der Waals surface area contributed by atoms with E-state index >= 15 is 0 Å². The quantitative estimate of drug-likeness (QED) is 0.632. The van der Waals surface area contributed by atoms with Crippen molar-refractivity contribution >= 4 is 17.3 Å². The van der Waals surface area contributed by atoms with Crippen LogP contribution in [0.15, 0.2) is 24.3 Å². The molecular formula is C12H14N2O5. The van der Waals surface area contributed by atoms with Gasteiger partial charge in [-0.3, -0.25) is 14.9 Å². The molecule has 1 heterocycles. The van der Waals surface area contributed by atoms with E-state index in [1.165, 1.54) is 12.1 Å². The SMILES string of the molecule is CC1(C(=O)O)COCC1Nc1cccc([N+](=O)[O-])c1. The third-order valence-electron chi connectivity index (χ3n) is 3.34. The minimum absolute atomic E-state index is 0.0408. The molecule has 2 N–H and O–H groups in total. The molecule has 7 nitrogen and oxygen atoms in total. The van der Waals surface area contributed by atoms with Crippen molar-refractivity contribution in [2.45, 2.75) is 13.0 Å². The summed E-state index contributed by atoms with van der Waals surface area (Å²) in [5, 5.41) is 22.9. The molecule has 0 bridgehead atoms. The number of hydrogen-bond donors (Lipinski definition) is 2. The molecule has 2 atom stereocenters. The Kier molecular flexibility index (Phi) is 3.39.